The van der Waals surface area contributed by atoms with Gasteiger partial charge in [-0.15, -0.1) is 0 Å². The molecule has 1 aromatic heterocycles. The first-order valence-corrected chi connectivity index (χ1v) is 13.0. The number of morpholine rings is 1. The van der Waals surface area contributed by atoms with Crippen molar-refractivity contribution in [2.24, 2.45) is 5.92 Å². The number of nitrogen functional groups attached to an aromatic ring is 1. The van der Waals surface area contributed by atoms with E-state index in [9.17, 15) is 4.79 Å². The Kier molecular flexibility index (Phi) is 7.39. The van der Waals surface area contributed by atoms with Gasteiger partial charge in [0.2, 0.25) is 6.41 Å². The molecule has 0 bridgehead atoms. The van der Waals surface area contributed by atoms with Gasteiger partial charge in [0.25, 0.3) is 0 Å². The minimum absolute atomic E-state index is 0.0285. The van der Waals surface area contributed by atoms with Gasteiger partial charge in [-0.2, -0.15) is 0 Å². The number of aromatic nitrogens is 1. The third-order valence-corrected chi connectivity index (χ3v) is 7.57. The first-order valence-electron chi connectivity index (χ1n) is 13.0. The van der Waals surface area contributed by atoms with Crippen LogP contribution in [0.4, 0.5) is 11.5 Å². The Bertz CT molecular complexity index is 1220. The van der Waals surface area contributed by atoms with E-state index in [1.54, 1.807) is 0 Å². The first-order chi connectivity index (χ1) is 17.6. The molecule has 2 aliphatic heterocycles. The summed E-state index contributed by atoms with van der Waals surface area (Å²) in [5.74, 6) is 0.997. The van der Waals surface area contributed by atoms with Gasteiger partial charge in [0, 0.05) is 38.2 Å². The molecule has 7 heteroatoms. The maximum Gasteiger partial charge on any atom is 0.210 e. The van der Waals surface area contributed by atoms with E-state index in [-0.39, 0.29) is 6.04 Å². The third-order valence-electron chi connectivity index (χ3n) is 7.57. The molecule has 0 spiro atoms. The van der Waals surface area contributed by atoms with Crippen molar-refractivity contribution >= 4 is 28.8 Å². The van der Waals surface area contributed by atoms with Crippen molar-refractivity contribution < 1.29 is 14.3 Å². The molecule has 2 saturated heterocycles. The number of carbonyl (C=O) groups is 1. The quantitative estimate of drug-likeness (QED) is 0.491. The molecule has 3 aromatic rings. The van der Waals surface area contributed by atoms with E-state index in [1.165, 1.54) is 16.7 Å². The molecule has 5 rings (SSSR count). The number of rotatable bonds is 7. The van der Waals surface area contributed by atoms with Gasteiger partial charge in [0.1, 0.15) is 5.82 Å². The predicted octanol–water partition coefficient (Wildman–Crippen LogP) is 4.58. The molecule has 36 heavy (non-hydrogen) atoms. The number of benzene rings is 2. The minimum atomic E-state index is 0.0285. The van der Waals surface area contributed by atoms with E-state index in [1.807, 2.05) is 11.8 Å². The zero-order chi connectivity index (χ0) is 25.1. The molecule has 0 radical (unpaired) electrons. The van der Waals surface area contributed by atoms with Crippen LogP contribution >= 0.6 is 0 Å². The topological polar surface area (TPSA) is 80.9 Å². The van der Waals surface area contributed by atoms with E-state index in [2.05, 4.69) is 54.3 Å². The molecular weight excluding hydrogens is 452 g/mol. The number of pyridine rings is 1. The van der Waals surface area contributed by atoms with Gasteiger partial charge >= 0.3 is 0 Å². The van der Waals surface area contributed by atoms with Crippen molar-refractivity contribution in [2.75, 3.05) is 56.7 Å². The highest BCUT2D eigenvalue weighted by atomic mass is 16.5. The number of nitrogens with two attached hydrogens (primary N) is 1. The van der Waals surface area contributed by atoms with E-state index >= 15 is 0 Å². The molecule has 2 N–H and O–H groups in total. The number of aryl methyl sites for hydroxylation is 1. The van der Waals surface area contributed by atoms with Crippen LogP contribution in [-0.2, 0) is 14.3 Å². The fourth-order valence-corrected chi connectivity index (χ4v) is 5.68. The number of ether oxygens (including phenoxy) is 2. The molecular formula is C29H36N4O3. The van der Waals surface area contributed by atoms with Gasteiger partial charge in [-0.3, -0.25) is 4.79 Å². The Morgan fingerprint density at radius 3 is 2.78 bits per heavy atom. The van der Waals surface area contributed by atoms with Gasteiger partial charge in [0.05, 0.1) is 30.5 Å². The van der Waals surface area contributed by atoms with Gasteiger partial charge in [0.15, 0.2) is 0 Å². The van der Waals surface area contributed by atoms with E-state index in [0.29, 0.717) is 24.9 Å². The lowest BCUT2D eigenvalue weighted by molar-refractivity contribution is -0.122. The van der Waals surface area contributed by atoms with Gasteiger partial charge in [-0.1, -0.05) is 24.3 Å². The van der Waals surface area contributed by atoms with Crippen LogP contribution in [0.3, 0.4) is 0 Å². The average Bonchev–Trinajstić information content (AvgIpc) is 2.91. The summed E-state index contributed by atoms with van der Waals surface area (Å²) in [7, 11) is 0. The highest BCUT2D eigenvalue weighted by molar-refractivity contribution is 5.91. The van der Waals surface area contributed by atoms with Crippen LogP contribution in [-0.4, -0.2) is 62.4 Å². The monoisotopic (exact) mass is 488 g/mol. The second-order valence-corrected chi connectivity index (χ2v) is 9.85. The fourth-order valence-electron chi connectivity index (χ4n) is 5.68. The molecule has 2 aliphatic rings. The Morgan fingerprint density at radius 2 is 2.00 bits per heavy atom. The standard InChI is InChI=1S/C29H36N4O3/c1-3-35-18-21-9-10-33(19-34)26(15-21)24-6-4-5-20(2)28(24)22-7-8-25-23(16-22)17-27(29(30)31-25)32-11-13-36-14-12-32/h4-8,16-17,19,21,26H,3,9-15,18H2,1-2H3,(H2,30,31). The van der Waals surface area contributed by atoms with Crippen molar-refractivity contribution in [3.8, 4) is 11.1 Å². The van der Waals surface area contributed by atoms with Gasteiger partial charge < -0.3 is 25.0 Å². The lowest BCUT2D eigenvalue weighted by Gasteiger charge is -2.38. The summed E-state index contributed by atoms with van der Waals surface area (Å²) in [4.78, 5) is 21.0. The maximum atomic E-state index is 12.1. The van der Waals surface area contributed by atoms with Crippen molar-refractivity contribution in [1.29, 1.82) is 0 Å². The van der Waals surface area contributed by atoms with E-state index < -0.39 is 0 Å². The van der Waals surface area contributed by atoms with Gasteiger partial charge in [-0.05, 0) is 73.1 Å². The molecule has 2 unspecified atom stereocenters. The van der Waals surface area contributed by atoms with Crippen LogP contribution in [0.1, 0.15) is 36.9 Å². The molecule has 2 atom stereocenters. The Balaban J connectivity index is 1.55. The van der Waals surface area contributed by atoms with Crippen LogP contribution in [0.25, 0.3) is 22.0 Å². The third kappa shape index (κ3) is 4.90. The molecule has 0 aliphatic carbocycles. The molecule has 2 aromatic carbocycles. The highest BCUT2D eigenvalue weighted by Crippen LogP contribution is 2.41. The number of anilines is 2. The fraction of sp³-hybridized carbons (Fsp3) is 0.448. The van der Waals surface area contributed by atoms with E-state index in [4.69, 9.17) is 20.2 Å². The predicted molar refractivity (Wildman–Crippen MR) is 144 cm³/mol. The number of carbonyl (C=O) groups excluding carboxylic acids is 1. The summed E-state index contributed by atoms with van der Waals surface area (Å²) >= 11 is 0. The highest BCUT2D eigenvalue weighted by Gasteiger charge is 2.31. The number of nitrogens with zero attached hydrogens (tertiary/aromatic N) is 3. The molecule has 1 amide bonds. The second-order valence-electron chi connectivity index (χ2n) is 9.85. The summed E-state index contributed by atoms with van der Waals surface area (Å²) in [5, 5.41) is 1.06. The van der Waals surface area contributed by atoms with Gasteiger partial charge in [-0.25, -0.2) is 4.98 Å². The Morgan fingerprint density at radius 1 is 1.17 bits per heavy atom. The van der Waals surface area contributed by atoms with Crippen LogP contribution < -0.4 is 10.6 Å². The van der Waals surface area contributed by atoms with Crippen molar-refractivity contribution in [3.63, 3.8) is 0 Å². The SMILES string of the molecule is CCOCC1CCN(C=O)C(c2cccc(C)c2-c2ccc3nc(N)c(N4CCOCC4)cc3c2)C1. The lowest BCUT2D eigenvalue weighted by Crippen LogP contribution is -2.37. The molecule has 7 nitrogen and oxygen atoms in total. The molecule has 2 fully saturated rings. The van der Waals surface area contributed by atoms with Crippen LogP contribution in [0.5, 0.6) is 0 Å². The summed E-state index contributed by atoms with van der Waals surface area (Å²) in [5.41, 5.74) is 12.9. The molecule has 3 heterocycles. The average molecular weight is 489 g/mol. The molecule has 190 valence electrons. The number of hydrogen-bond donors (Lipinski definition) is 1. The summed E-state index contributed by atoms with van der Waals surface area (Å²) in [6.45, 7) is 9.41. The summed E-state index contributed by atoms with van der Waals surface area (Å²) in [6, 6.07) is 15.0. The largest absolute Gasteiger partial charge is 0.382 e. The number of hydrogen-bond acceptors (Lipinski definition) is 6. The zero-order valence-corrected chi connectivity index (χ0v) is 21.3. The first kappa shape index (κ1) is 24.5. The molecule has 0 saturated carbocycles. The smallest absolute Gasteiger partial charge is 0.210 e. The second kappa shape index (κ2) is 10.8. The number of piperidine rings is 1. The minimum Gasteiger partial charge on any atom is -0.382 e. The normalized spacial score (nSPS) is 20.6. The van der Waals surface area contributed by atoms with Crippen LogP contribution in [0.2, 0.25) is 0 Å². The number of amides is 1. The van der Waals surface area contributed by atoms with Crippen molar-refractivity contribution in [1.82, 2.24) is 9.88 Å². The van der Waals surface area contributed by atoms with Crippen molar-refractivity contribution in [2.45, 2.75) is 32.7 Å². The summed E-state index contributed by atoms with van der Waals surface area (Å²) < 4.78 is 11.3. The van der Waals surface area contributed by atoms with E-state index in [0.717, 1.165) is 74.3 Å². The summed E-state index contributed by atoms with van der Waals surface area (Å²) in [6.07, 6.45) is 2.89. The number of fused-ring (bicyclic) bond motifs is 1. The lowest BCUT2D eigenvalue weighted by atomic mass is 9.83. The van der Waals surface area contributed by atoms with Crippen LogP contribution in [0.15, 0.2) is 42.5 Å². The number of likely N-dealkylation sites (tertiary alicyclic amines) is 1. The van der Waals surface area contributed by atoms with Crippen LogP contribution in [0, 0.1) is 12.8 Å². The maximum absolute atomic E-state index is 12.1. The Hall–Kier alpha value is -3.16. The Labute approximate surface area is 213 Å². The zero-order valence-electron chi connectivity index (χ0n) is 21.3. The van der Waals surface area contributed by atoms with Crippen molar-refractivity contribution in [3.05, 3.63) is 53.6 Å².